The summed E-state index contributed by atoms with van der Waals surface area (Å²) >= 11 is 1.31. The van der Waals surface area contributed by atoms with Gasteiger partial charge in [-0.2, -0.15) is 13.2 Å². The summed E-state index contributed by atoms with van der Waals surface area (Å²) in [7, 11) is 0. The van der Waals surface area contributed by atoms with Crippen LogP contribution in [0, 0.1) is 6.92 Å². The van der Waals surface area contributed by atoms with Crippen molar-refractivity contribution in [3.05, 3.63) is 40.4 Å². The van der Waals surface area contributed by atoms with Gasteiger partial charge in [0.25, 0.3) is 5.19 Å². The quantitative estimate of drug-likeness (QED) is 0.352. The zero-order valence-corrected chi connectivity index (χ0v) is 22.2. The van der Waals surface area contributed by atoms with Crippen LogP contribution >= 0.6 is 11.3 Å². The Hall–Kier alpha value is -2.60. The maximum Gasteiger partial charge on any atom is 0.392 e. The zero-order chi connectivity index (χ0) is 27.2. The molecule has 0 saturated heterocycles. The Morgan fingerprint density at radius 2 is 1.95 bits per heavy atom. The number of fused-ring (bicyclic) bond motifs is 1. The van der Waals surface area contributed by atoms with Gasteiger partial charge < -0.3 is 15.0 Å². The molecule has 0 unspecified atom stereocenters. The molecule has 3 heterocycles. The number of hydrogen-bond donors (Lipinski definition) is 1. The van der Waals surface area contributed by atoms with E-state index >= 15 is 4.39 Å². The summed E-state index contributed by atoms with van der Waals surface area (Å²) < 4.78 is 57.7. The second-order valence-electron chi connectivity index (χ2n) is 9.99. The first-order valence-electron chi connectivity index (χ1n) is 12.9. The lowest BCUT2D eigenvalue weighted by Crippen LogP contribution is -2.42. The van der Waals surface area contributed by atoms with Gasteiger partial charge in [-0.25, -0.2) is 19.3 Å². The molecule has 0 radical (unpaired) electrons. The second kappa shape index (κ2) is 12.5. The lowest BCUT2D eigenvalue weighted by atomic mass is 9.81. The van der Waals surface area contributed by atoms with Crippen molar-refractivity contribution in [2.75, 3.05) is 26.2 Å². The van der Waals surface area contributed by atoms with Gasteiger partial charge in [0.2, 0.25) is 5.91 Å². The number of thiazole rings is 1. The first-order chi connectivity index (χ1) is 18.1. The molecule has 38 heavy (non-hydrogen) atoms. The Bertz CT molecular complexity index is 1070. The van der Waals surface area contributed by atoms with Crippen LogP contribution in [0.5, 0.6) is 5.19 Å². The van der Waals surface area contributed by atoms with Gasteiger partial charge in [-0.1, -0.05) is 11.3 Å². The number of rotatable bonds is 9. The Morgan fingerprint density at radius 3 is 2.66 bits per heavy atom. The van der Waals surface area contributed by atoms with Gasteiger partial charge in [0.05, 0.1) is 18.7 Å². The van der Waals surface area contributed by atoms with Gasteiger partial charge in [0.1, 0.15) is 11.5 Å². The molecule has 0 aromatic carbocycles. The summed E-state index contributed by atoms with van der Waals surface area (Å²) in [4.78, 5) is 28.1. The number of carbonyl (C=O) groups excluding carboxylic acids is 1. The third kappa shape index (κ3) is 8.72. The first-order valence-corrected chi connectivity index (χ1v) is 13.8. The van der Waals surface area contributed by atoms with E-state index in [1.54, 1.807) is 25.4 Å². The van der Waals surface area contributed by atoms with E-state index in [0.29, 0.717) is 56.1 Å². The molecule has 1 aliphatic carbocycles. The molecule has 0 spiro atoms. The molecule has 1 saturated carbocycles. The normalized spacial score (nSPS) is 22.7. The number of nitrogens with one attached hydrogen (secondary N) is 1. The molecule has 12 heteroatoms. The lowest BCUT2D eigenvalue weighted by molar-refractivity contribution is -0.139. The average molecular weight is 556 g/mol. The minimum atomic E-state index is -4.24. The molecular weight excluding hydrogens is 522 g/mol. The fourth-order valence-electron chi connectivity index (χ4n) is 4.72. The van der Waals surface area contributed by atoms with Crippen LogP contribution in [-0.2, 0) is 17.6 Å². The summed E-state index contributed by atoms with van der Waals surface area (Å²) in [5, 5.41) is 3.26. The molecule has 208 valence electrons. The Balaban J connectivity index is 1.16. The van der Waals surface area contributed by atoms with Gasteiger partial charge in [-0.3, -0.25) is 4.79 Å². The molecule has 2 aromatic rings. The Labute approximate surface area is 223 Å². The van der Waals surface area contributed by atoms with E-state index in [0.717, 1.165) is 35.6 Å². The zero-order valence-electron chi connectivity index (χ0n) is 21.4. The third-order valence-electron chi connectivity index (χ3n) is 7.02. The van der Waals surface area contributed by atoms with Gasteiger partial charge >= 0.3 is 6.18 Å². The topological polar surface area (TPSA) is 80.2 Å². The summed E-state index contributed by atoms with van der Waals surface area (Å²) in [6.45, 7) is 3.49. The summed E-state index contributed by atoms with van der Waals surface area (Å²) in [6.07, 6.45) is 5.04. The maximum absolute atomic E-state index is 15.5. The van der Waals surface area contributed by atoms with Crippen LogP contribution in [0.1, 0.15) is 60.5 Å². The van der Waals surface area contributed by atoms with Crippen molar-refractivity contribution in [2.24, 2.45) is 0 Å². The van der Waals surface area contributed by atoms with Gasteiger partial charge in [0, 0.05) is 61.0 Å². The highest BCUT2D eigenvalue weighted by molar-refractivity contribution is 7.13. The van der Waals surface area contributed by atoms with Gasteiger partial charge in [-0.15, -0.1) is 0 Å². The van der Waals surface area contributed by atoms with E-state index in [4.69, 9.17) is 4.74 Å². The number of ether oxygens (including phenoxy) is 1. The fraction of sp³-hybridized carbons (Fsp3) is 0.615. The molecule has 2 aromatic heterocycles. The van der Waals surface area contributed by atoms with Crippen LogP contribution in [0.25, 0.3) is 6.08 Å². The Kier molecular flexibility index (Phi) is 9.35. The van der Waals surface area contributed by atoms with Crippen molar-refractivity contribution in [3.8, 4) is 5.19 Å². The smallest absolute Gasteiger partial charge is 0.392 e. The first kappa shape index (κ1) is 28.4. The number of carbonyl (C=O) groups is 1. The highest BCUT2D eigenvalue weighted by Crippen LogP contribution is 2.36. The second-order valence-corrected chi connectivity index (χ2v) is 11.0. The molecule has 1 N–H and O–H groups in total. The van der Waals surface area contributed by atoms with Crippen LogP contribution in [0.2, 0.25) is 0 Å². The molecule has 2 aliphatic rings. The fourth-order valence-corrected chi connectivity index (χ4v) is 5.69. The SMILES string of the molecule is Cc1ncc(/C=C/C(=O)N[C@H]2CC[C@](F)(CCN3CCc4nc(OCCC(F)(F)F)sc4CC3)CC2)cn1. The van der Waals surface area contributed by atoms with E-state index in [1.165, 1.54) is 17.4 Å². The Morgan fingerprint density at radius 1 is 1.24 bits per heavy atom. The average Bonchev–Trinajstić information content (AvgIpc) is 3.15. The molecule has 1 fully saturated rings. The van der Waals surface area contributed by atoms with E-state index in [1.807, 2.05) is 0 Å². The van der Waals surface area contributed by atoms with Crippen molar-refractivity contribution in [3.63, 3.8) is 0 Å². The van der Waals surface area contributed by atoms with Crippen molar-refractivity contribution >= 4 is 23.3 Å². The molecule has 0 atom stereocenters. The van der Waals surface area contributed by atoms with E-state index in [2.05, 4.69) is 25.2 Å². The van der Waals surface area contributed by atoms with E-state index < -0.39 is 24.9 Å². The van der Waals surface area contributed by atoms with Gasteiger partial charge in [0.15, 0.2) is 0 Å². The monoisotopic (exact) mass is 555 g/mol. The van der Waals surface area contributed by atoms with Crippen LogP contribution in [0.3, 0.4) is 0 Å². The van der Waals surface area contributed by atoms with Crippen molar-refractivity contribution in [2.45, 2.75) is 76.2 Å². The number of amides is 1. The van der Waals surface area contributed by atoms with E-state index in [-0.39, 0.29) is 11.9 Å². The highest BCUT2D eigenvalue weighted by atomic mass is 32.1. The molecular formula is C26H33F4N5O2S. The van der Waals surface area contributed by atoms with Crippen molar-refractivity contribution < 1.29 is 27.1 Å². The number of hydrogen-bond acceptors (Lipinski definition) is 7. The summed E-state index contributed by atoms with van der Waals surface area (Å²) in [5.41, 5.74) is 0.367. The maximum atomic E-state index is 15.5. The third-order valence-corrected chi connectivity index (χ3v) is 8.09. The van der Waals surface area contributed by atoms with Crippen LogP contribution in [0.15, 0.2) is 18.5 Å². The molecule has 1 amide bonds. The minimum absolute atomic E-state index is 0.0434. The highest BCUT2D eigenvalue weighted by Gasteiger charge is 2.36. The standard InChI is InChI=1S/C26H33F4N5O2S/c1-18-31-16-19(17-32-18)2-3-23(36)33-20-4-8-25(27,9-5-20)10-14-35-12-6-21-22(7-13-35)38-24(34-21)37-15-11-26(28,29)30/h2-3,16-17,20H,4-15H2,1H3,(H,33,36)/b3-2+/t20-,25+. The predicted octanol–water partition coefficient (Wildman–Crippen LogP) is 4.84. The molecule has 7 nitrogen and oxygen atoms in total. The van der Waals surface area contributed by atoms with E-state index in [9.17, 15) is 18.0 Å². The molecule has 0 bridgehead atoms. The van der Waals surface area contributed by atoms with Crippen LogP contribution in [0.4, 0.5) is 17.6 Å². The number of nitrogens with zero attached hydrogens (tertiary/aromatic N) is 4. The number of aromatic nitrogens is 3. The number of aryl methyl sites for hydroxylation is 1. The lowest BCUT2D eigenvalue weighted by Gasteiger charge is -2.35. The molecule has 4 rings (SSSR count). The minimum Gasteiger partial charge on any atom is -0.470 e. The van der Waals surface area contributed by atoms with Gasteiger partial charge in [-0.05, 0) is 51.5 Å². The molecule has 1 aliphatic heterocycles. The predicted molar refractivity (Wildman–Crippen MR) is 137 cm³/mol. The van der Waals surface area contributed by atoms with Crippen LogP contribution < -0.4 is 10.1 Å². The summed E-state index contributed by atoms with van der Waals surface area (Å²) in [6, 6.07) is -0.0434. The van der Waals surface area contributed by atoms with Crippen molar-refractivity contribution in [1.82, 2.24) is 25.2 Å². The summed E-state index contributed by atoms with van der Waals surface area (Å²) in [5.74, 6) is 0.458. The largest absolute Gasteiger partial charge is 0.470 e. The van der Waals surface area contributed by atoms with Crippen LogP contribution in [-0.4, -0.2) is 69.9 Å². The number of alkyl halides is 4. The van der Waals surface area contributed by atoms with Crippen molar-refractivity contribution in [1.29, 1.82) is 0 Å². The number of halogens is 4.